The third-order valence-electron chi connectivity index (χ3n) is 6.76. The first-order chi connectivity index (χ1) is 18.8. The van der Waals surface area contributed by atoms with Crippen molar-refractivity contribution in [1.82, 2.24) is 16.0 Å². The Kier molecular flexibility index (Phi) is 11.9. The topological polar surface area (TPSA) is 191 Å². The molecular weight excluding hydrogens is 516 g/mol. The van der Waals surface area contributed by atoms with E-state index in [0.717, 1.165) is 5.56 Å². The van der Waals surface area contributed by atoms with Crippen LogP contribution in [0.25, 0.3) is 0 Å². The van der Waals surface area contributed by atoms with Crippen LogP contribution in [0.15, 0.2) is 48.5 Å². The van der Waals surface area contributed by atoms with Crippen LogP contribution in [-0.2, 0) is 32.0 Å². The summed E-state index contributed by atoms with van der Waals surface area (Å²) in [5.74, 6) is -3.60. The van der Waals surface area contributed by atoms with Crippen LogP contribution >= 0.6 is 0 Å². The molecule has 0 saturated heterocycles. The maximum atomic E-state index is 13.3. The number of carbonyl (C=O) groups excluding carboxylic acids is 3. The Morgan fingerprint density at radius 3 is 1.62 bits per heavy atom. The van der Waals surface area contributed by atoms with Crippen LogP contribution in [0.4, 0.5) is 0 Å². The molecule has 218 valence electrons. The molecule has 0 bridgehead atoms. The highest BCUT2D eigenvalue weighted by Crippen LogP contribution is 2.15. The van der Waals surface area contributed by atoms with E-state index in [-0.39, 0.29) is 36.2 Å². The molecule has 11 nitrogen and oxygen atoms in total. The summed E-state index contributed by atoms with van der Waals surface area (Å²) in [6, 6.07) is 7.99. The molecule has 2 aromatic rings. The van der Waals surface area contributed by atoms with Gasteiger partial charge in [0.25, 0.3) is 0 Å². The van der Waals surface area contributed by atoms with E-state index in [4.69, 9.17) is 5.73 Å². The maximum absolute atomic E-state index is 13.3. The van der Waals surface area contributed by atoms with Gasteiger partial charge in [-0.25, -0.2) is 4.79 Å². The number of hydrogen-bond donors (Lipinski definition) is 7. The molecule has 0 aromatic heterocycles. The lowest BCUT2D eigenvalue weighted by atomic mass is 9.95. The van der Waals surface area contributed by atoms with Gasteiger partial charge >= 0.3 is 5.97 Å². The van der Waals surface area contributed by atoms with E-state index in [1.807, 2.05) is 6.92 Å². The summed E-state index contributed by atoms with van der Waals surface area (Å²) in [7, 11) is 0. The summed E-state index contributed by atoms with van der Waals surface area (Å²) < 4.78 is 0. The van der Waals surface area contributed by atoms with Gasteiger partial charge in [0, 0.05) is 6.42 Å². The molecule has 40 heavy (non-hydrogen) atoms. The number of carbonyl (C=O) groups is 4. The monoisotopic (exact) mass is 556 g/mol. The van der Waals surface area contributed by atoms with Gasteiger partial charge in [-0.3, -0.25) is 14.4 Å². The van der Waals surface area contributed by atoms with E-state index >= 15 is 0 Å². The molecule has 0 aliphatic heterocycles. The fourth-order valence-electron chi connectivity index (χ4n) is 4.05. The molecule has 0 spiro atoms. The second-order valence-corrected chi connectivity index (χ2v) is 10.3. The maximum Gasteiger partial charge on any atom is 0.326 e. The Bertz CT molecular complexity index is 1150. The van der Waals surface area contributed by atoms with Crippen LogP contribution in [0, 0.1) is 11.8 Å². The van der Waals surface area contributed by atoms with Gasteiger partial charge in [0.05, 0.1) is 6.04 Å². The fraction of sp³-hybridized carbons (Fsp3) is 0.448. The zero-order valence-electron chi connectivity index (χ0n) is 23.3. The molecule has 2 aromatic carbocycles. The van der Waals surface area contributed by atoms with Crippen molar-refractivity contribution in [2.45, 2.75) is 71.1 Å². The van der Waals surface area contributed by atoms with E-state index in [1.165, 1.54) is 24.3 Å². The molecule has 0 aliphatic carbocycles. The number of carboxylic acids is 1. The summed E-state index contributed by atoms with van der Waals surface area (Å²) in [6.45, 7) is 7.09. The van der Waals surface area contributed by atoms with Gasteiger partial charge in [-0.1, -0.05) is 58.4 Å². The van der Waals surface area contributed by atoms with E-state index in [1.54, 1.807) is 45.0 Å². The molecule has 0 aliphatic rings. The van der Waals surface area contributed by atoms with Gasteiger partial charge in [-0.15, -0.1) is 0 Å². The van der Waals surface area contributed by atoms with Gasteiger partial charge in [0.15, 0.2) is 0 Å². The zero-order chi connectivity index (χ0) is 30.0. The van der Waals surface area contributed by atoms with Crippen molar-refractivity contribution in [1.29, 1.82) is 0 Å². The number of rotatable bonds is 14. The summed E-state index contributed by atoms with van der Waals surface area (Å²) in [5.41, 5.74) is 7.40. The second-order valence-electron chi connectivity index (χ2n) is 10.3. The van der Waals surface area contributed by atoms with E-state index < -0.39 is 47.9 Å². The largest absolute Gasteiger partial charge is 0.508 e. The number of amides is 3. The SMILES string of the molecule is CCC(C)C(NC(=O)C(NC(=O)C(N)Cc1ccc(O)cc1)C(C)C)C(=O)NC(Cc1ccc(O)cc1)C(=O)O. The molecule has 3 amide bonds. The quantitative estimate of drug-likeness (QED) is 0.182. The van der Waals surface area contributed by atoms with Crippen LogP contribution in [0.1, 0.15) is 45.2 Å². The Morgan fingerprint density at radius 2 is 1.18 bits per heavy atom. The molecule has 8 N–H and O–H groups in total. The summed E-state index contributed by atoms with van der Waals surface area (Å²) in [5, 5.41) is 36.5. The van der Waals surface area contributed by atoms with Crippen LogP contribution in [-0.4, -0.2) is 63.2 Å². The summed E-state index contributed by atoms with van der Waals surface area (Å²) >= 11 is 0. The first-order valence-corrected chi connectivity index (χ1v) is 13.3. The number of hydrogen-bond acceptors (Lipinski definition) is 7. The van der Waals surface area contributed by atoms with Crippen LogP contribution in [0.5, 0.6) is 11.5 Å². The van der Waals surface area contributed by atoms with Gasteiger partial charge < -0.3 is 37.0 Å². The van der Waals surface area contributed by atoms with E-state index in [0.29, 0.717) is 12.0 Å². The van der Waals surface area contributed by atoms with Crippen LogP contribution < -0.4 is 21.7 Å². The van der Waals surface area contributed by atoms with Crippen molar-refractivity contribution < 1.29 is 34.5 Å². The summed E-state index contributed by atoms with van der Waals surface area (Å²) in [6.07, 6.45) is 0.685. The lowest BCUT2D eigenvalue weighted by molar-refractivity contribution is -0.142. The molecule has 11 heteroatoms. The number of aliphatic carboxylic acids is 1. The van der Waals surface area contributed by atoms with Crippen LogP contribution in [0.2, 0.25) is 0 Å². The van der Waals surface area contributed by atoms with E-state index in [2.05, 4.69) is 16.0 Å². The third-order valence-corrected chi connectivity index (χ3v) is 6.76. The number of nitrogens with two attached hydrogens (primary N) is 1. The van der Waals surface area contributed by atoms with E-state index in [9.17, 15) is 34.5 Å². The van der Waals surface area contributed by atoms with Gasteiger partial charge in [-0.2, -0.15) is 0 Å². The first-order valence-electron chi connectivity index (χ1n) is 13.3. The van der Waals surface area contributed by atoms with Gasteiger partial charge in [0.2, 0.25) is 17.7 Å². The average molecular weight is 557 g/mol. The summed E-state index contributed by atoms with van der Waals surface area (Å²) in [4.78, 5) is 51.3. The van der Waals surface area contributed by atoms with Gasteiger partial charge in [-0.05, 0) is 53.6 Å². The number of benzene rings is 2. The lowest BCUT2D eigenvalue weighted by Gasteiger charge is -2.29. The predicted octanol–water partition coefficient (Wildman–Crippen LogP) is 1.45. The molecule has 0 fully saturated rings. The third kappa shape index (κ3) is 9.57. The minimum Gasteiger partial charge on any atom is -0.508 e. The smallest absolute Gasteiger partial charge is 0.326 e. The minimum absolute atomic E-state index is 0.0217. The standard InChI is InChI=1S/C29H40N4O7/c1-5-17(4)25(28(38)31-23(29(39)40)15-19-8-12-21(35)13-9-19)33-27(37)24(16(2)3)32-26(36)22(30)14-18-6-10-20(34)11-7-18/h6-13,16-17,22-25,34-35H,5,14-15,30H2,1-4H3,(H,31,38)(H,32,36)(H,33,37)(H,39,40). The molecular formula is C29H40N4O7. The highest BCUT2D eigenvalue weighted by molar-refractivity contribution is 5.94. The Labute approximate surface area is 234 Å². The Hall–Kier alpha value is -4.12. The second kappa shape index (κ2) is 14.9. The minimum atomic E-state index is -1.26. The highest BCUT2D eigenvalue weighted by Gasteiger charge is 2.34. The molecule has 0 heterocycles. The number of nitrogens with one attached hydrogen (secondary N) is 3. The van der Waals surface area contributed by atoms with Crippen molar-refractivity contribution in [2.75, 3.05) is 0 Å². The fourth-order valence-corrected chi connectivity index (χ4v) is 4.05. The molecule has 0 saturated carbocycles. The van der Waals surface area contributed by atoms with Crippen molar-refractivity contribution in [3.63, 3.8) is 0 Å². The Morgan fingerprint density at radius 1 is 0.725 bits per heavy atom. The molecule has 5 atom stereocenters. The Balaban J connectivity index is 2.11. The molecule has 5 unspecified atom stereocenters. The predicted molar refractivity (Wildman–Crippen MR) is 149 cm³/mol. The first kappa shape index (κ1) is 32.1. The van der Waals surface area contributed by atoms with Crippen molar-refractivity contribution in [3.8, 4) is 11.5 Å². The van der Waals surface area contributed by atoms with Gasteiger partial charge in [0.1, 0.15) is 29.6 Å². The average Bonchev–Trinajstić information content (AvgIpc) is 2.91. The number of aromatic hydroxyl groups is 2. The number of carboxylic acid groups (broad SMARTS) is 1. The van der Waals surface area contributed by atoms with Crippen molar-refractivity contribution in [2.24, 2.45) is 17.6 Å². The number of phenolic OH excluding ortho intramolecular Hbond substituents is 2. The molecule has 0 radical (unpaired) electrons. The highest BCUT2D eigenvalue weighted by atomic mass is 16.4. The van der Waals surface area contributed by atoms with Crippen molar-refractivity contribution in [3.05, 3.63) is 59.7 Å². The number of phenols is 2. The van der Waals surface area contributed by atoms with Crippen LogP contribution in [0.3, 0.4) is 0 Å². The van der Waals surface area contributed by atoms with Crippen molar-refractivity contribution >= 4 is 23.7 Å². The lowest BCUT2D eigenvalue weighted by Crippen LogP contribution is -2.60. The normalized spacial score (nSPS) is 14.8. The molecule has 2 rings (SSSR count). The zero-order valence-corrected chi connectivity index (χ0v) is 23.3.